The summed E-state index contributed by atoms with van der Waals surface area (Å²) in [5.41, 5.74) is 7.08. The van der Waals surface area contributed by atoms with Crippen LogP contribution < -0.4 is 16.2 Å². The molecule has 0 aromatic carbocycles. The van der Waals surface area contributed by atoms with Crippen molar-refractivity contribution in [3.8, 4) is 0 Å². The van der Waals surface area contributed by atoms with Crippen LogP contribution in [0.15, 0.2) is 17.1 Å². The number of anilines is 1. The van der Waals surface area contributed by atoms with Crippen LogP contribution in [-0.2, 0) is 11.8 Å². The number of nitrogens with zero attached hydrogens (tertiary/aromatic N) is 3. The van der Waals surface area contributed by atoms with E-state index in [4.69, 9.17) is 10.5 Å². The number of ether oxygens (including phenoxy) is 1. The van der Waals surface area contributed by atoms with E-state index >= 15 is 0 Å². The molecule has 0 radical (unpaired) electrons. The number of aromatic amines is 1. The Bertz CT molecular complexity index is 787. The topological polar surface area (TPSA) is 89.2 Å². The Morgan fingerprint density at radius 2 is 2.17 bits per heavy atom. The molecule has 0 aliphatic carbocycles. The lowest BCUT2D eigenvalue weighted by molar-refractivity contribution is 0.0973. The molecule has 2 aliphatic heterocycles. The molecule has 7 nitrogen and oxygen atoms in total. The van der Waals surface area contributed by atoms with Crippen LogP contribution in [0.4, 0.5) is 5.95 Å². The third-order valence-corrected chi connectivity index (χ3v) is 5.66. The number of nitrogens with two attached hydrogens (primary N) is 1. The van der Waals surface area contributed by atoms with Crippen molar-refractivity contribution in [2.24, 2.45) is 18.2 Å². The van der Waals surface area contributed by atoms with Crippen LogP contribution in [0.2, 0.25) is 0 Å². The number of aromatic nitrogens is 3. The molecule has 2 saturated heterocycles. The van der Waals surface area contributed by atoms with E-state index in [2.05, 4.69) is 21.8 Å². The fourth-order valence-electron chi connectivity index (χ4n) is 3.98. The molecule has 0 unspecified atom stereocenters. The monoisotopic (exact) mass is 317 g/mol. The van der Waals surface area contributed by atoms with Gasteiger partial charge in [-0.1, -0.05) is 0 Å². The minimum absolute atomic E-state index is 0.0129. The summed E-state index contributed by atoms with van der Waals surface area (Å²) in [6, 6.07) is 1.86. The van der Waals surface area contributed by atoms with Crippen LogP contribution in [0.25, 0.3) is 11.0 Å². The highest BCUT2D eigenvalue weighted by Crippen LogP contribution is 2.41. The zero-order chi connectivity index (χ0) is 16.2. The highest BCUT2D eigenvalue weighted by Gasteiger charge is 2.47. The predicted octanol–water partition coefficient (Wildman–Crippen LogP) is 0.594. The molecule has 4 rings (SSSR count). The second kappa shape index (κ2) is 5.07. The molecule has 4 heterocycles. The molecule has 1 spiro atoms. The van der Waals surface area contributed by atoms with Crippen LogP contribution in [-0.4, -0.2) is 46.4 Å². The van der Waals surface area contributed by atoms with Crippen LogP contribution in [0.1, 0.15) is 19.8 Å². The van der Waals surface area contributed by atoms with E-state index in [0.717, 1.165) is 38.5 Å². The summed E-state index contributed by atoms with van der Waals surface area (Å²) in [4.78, 5) is 22.3. The van der Waals surface area contributed by atoms with Crippen molar-refractivity contribution in [1.82, 2.24) is 14.5 Å². The van der Waals surface area contributed by atoms with Gasteiger partial charge in [-0.3, -0.25) is 9.36 Å². The third-order valence-electron chi connectivity index (χ3n) is 5.66. The standard InChI is InChI=1S/C16H23N5O2/c1-10-12(17)16(9-23-10)4-7-21(8-5-16)15-19-13-11(3-6-18-13)14(22)20(15)2/h3,6,10,12,18H,4-5,7-9,17H2,1-2H3/t10-,12+/m0/s1. The number of piperidine rings is 1. The van der Waals surface area contributed by atoms with Crippen molar-refractivity contribution in [3.63, 3.8) is 0 Å². The first-order valence-corrected chi connectivity index (χ1v) is 8.18. The summed E-state index contributed by atoms with van der Waals surface area (Å²) < 4.78 is 7.41. The molecule has 2 fully saturated rings. The van der Waals surface area contributed by atoms with Gasteiger partial charge in [0.05, 0.1) is 18.1 Å². The van der Waals surface area contributed by atoms with Gasteiger partial charge < -0.3 is 20.4 Å². The van der Waals surface area contributed by atoms with E-state index in [1.54, 1.807) is 23.9 Å². The lowest BCUT2D eigenvalue weighted by Crippen LogP contribution is -2.51. The van der Waals surface area contributed by atoms with Crippen molar-refractivity contribution >= 4 is 17.0 Å². The number of fused-ring (bicyclic) bond motifs is 1. The lowest BCUT2D eigenvalue weighted by atomic mass is 9.73. The van der Waals surface area contributed by atoms with Gasteiger partial charge in [0.15, 0.2) is 0 Å². The van der Waals surface area contributed by atoms with Gasteiger partial charge in [-0.05, 0) is 25.8 Å². The maximum Gasteiger partial charge on any atom is 0.264 e. The van der Waals surface area contributed by atoms with Gasteiger partial charge in [-0.2, -0.15) is 4.98 Å². The summed E-state index contributed by atoms with van der Waals surface area (Å²) in [7, 11) is 1.79. The molecule has 2 aromatic rings. The van der Waals surface area contributed by atoms with Crippen molar-refractivity contribution in [1.29, 1.82) is 0 Å². The zero-order valence-electron chi connectivity index (χ0n) is 13.6. The second-order valence-electron chi connectivity index (χ2n) is 6.91. The minimum atomic E-state index is -0.0129. The van der Waals surface area contributed by atoms with Gasteiger partial charge >= 0.3 is 0 Å². The Kier molecular flexibility index (Phi) is 3.24. The molecule has 0 amide bonds. The van der Waals surface area contributed by atoms with Gasteiger partial charge in [-0.25, -0.2) is 0 Å². The molecule has 124 valence electrons. The molecule has 2 atom stereocenters. The van der Waals surface area contributed by atoms with E-state index < -0.39 is 0 Å². The Labute approximate surface area is 134 Å². The normalized spacial score (nSPS) is 27.2. The summed E-state index contributed by atoms with van der Waals surface area (Å²) in [5.74, 6) is 0.723. The molecule has 3 N–H and O–H groups in total. The van der Waals surface area contributed by atoms with Gasteiger partial charge in [0.2, 0.25) is 5.95 Å². The number of hydrogen-bond acceptors (Lipinski definition) is 5. The zero-order valence-corrected chi connectivity index (χ0v) is 13.6. The largest absolute Gasteiger partial charge is 0.376 e. The fourth-order valence-corrected chi connectivity index (χ4v) is 3.98. The summed E-state index contributed by atoms with van der Waals surface area (Å²) in [6.07, 6.45) is 3.82. The first kappa shape index (κ1) is 14.7. The second-order valence-corrected chi connectivity index (χ2v) is 6.91. The first-order chi connectivity index (χ1) is 11.0. The summed E-state index contributed by atoms with van der Waals surface area (Å²) >= 11 is 0. The quantitative estimate of drug-likeness (QED) is 0.804. The van der Waals surface area contributed by atoms with Crippen molar-refractivity contribution in [3.05, 3.63) is 22.6 Å². The van der Waals surface area contributed by atoms with Gasteiger partial charge in [0, 0.05) is 37.8 Å². The van der Waals surface area contributed by atoms with E-state index in [0.29, 0.717) is 11.0 Å². The summed E-state index contributed by atoms with van der Waals surface area (Å²) in [6.45, 7) is 4.48. The van der Waals surface area contributed by atoms with Crippen molar-refractivity contribution < 1.29 is 4.74 Å². The highest BCUT2D eigenvalue weighted by molar-refractivity contribution is 5.75. The number of nitrogens with one attached hydrogen (secondary N) is 1. The molecule has 0 bridgehead atoms. The van der Waals surface area contributed by atoms with Crippen LogP contribution in [0, 0.1) is 5.41 Å². The van der Waals surface area contributed by atoms with Gasteiger partial charge in [0.1, 0.15) is 5.65 Å². The van der Waals surface area contributed by atoms with Gasteiger partial charge in [0.25, 0.3) is 5.56 Å². The van der Waals surface area contributed by atoms with Gasteiger partial charge in [-0.15, -0.1) is 0 Å². The van der Waals surface area contributed by atoms with Crippen molar-refractivity contribution in [2.45, 2.75) is 31.9 Å². The molecular weight excluding hydrogens is 294 g/mol. The molecular formula is C16H23N5O2. The Balaban J connectivity index is 1.62. The SMILES string of the molecule is C[C@@H]1OCC2(CCN(c3nc4[nH]ccc4c(=O)n3C)CC2)[C@@H]1N. The number of H-pyrrole nitrogens is 1. The summed E-state index contributed by atoms with van der Waals surface area (Å²) in [5, 5.41) is 0.629. The number of rotatable bonds is 1. The first-order valence-electron chi connectivity index (χ1n) is 8.18. The van der Waals surface area contributed by atoms with Crippen LogP contribution >= 0.6 is 0 Å². The molecule has 23 heavy (non-hydrogen) atoms. The van der Waals surface area contributed by atoms with E-state index in [1.807, 2.05) is 0 Å². The van der Waals surface area contributed by atoms with Crippen LogP contribution in [0.5, 0.6) is 0 Å². The van der Waals surface area contributed by atoms with Crippen LogP contribution in [0.3, 0.4) is 0 Å². The Morgan fingerprint density at radius 1 is 1.43 bits per heavy atom. The average molecular weight is 317 g/mol. The third kappa shape index (κ3) is 2.10. The predicted molar refractivity (Wildman–Crippen MR) is 88.6 cm³/mol. The van der Waals surface area contributed by atoms with E-state index in [1.165, 1.54) is 0 Å². The maximum absolute atomic E-state index is 12.4. The maximum atomic E-state index is 12.4. The lowest BCUT2D eigenvalue weighted by Gasteiger charge is -2.41. The minimum Gasteiger partial charge on any atom is -0.376 e. The Morgan fingerprint density at radius 3 is 2.83 bits per heavy atom. The highest BCUT2D eigenvalue weighted by atomic mass is 16.5. The smallest absolute Gasteiger partial charge is 0.264 e. The fraction of sp³-hybridized carbons (Fsp3) is 0.625. The number of hydrogen-bond donors (Lipinski definition) is 2. The molecule has 2 aliphatic rings. The Hall–Kier alpha value is -1.86. The molecule has 7 heteroatoms. The average Bonchev–Trinajstić information content (AvgIpc) is 3.13. The van der Waals surface area contributed by atoms with E-state index in [-0.39, 0.29) is 23.1 Å². The molecule has 0 saturated carbocycles. The molecule has 2 aromatic heterocycles. The van der Waals surface area contributed by atoms with Crippen molar-refractivity contribution in [2.75, 3.05) is 24.6 Å². The van der Waals surface area contributed by atoms with E-state index in [9.17, 15) is 4.79 Å².